The summed E-state index contributed by atoms with van der Waals surface area (Å²) in [7, 11) is 0. The van der Waals surface area contributed by atoms with Crippen molar-refractivity contribution in [1.29, 1.82) is 0 Å². The van der Waals surface area contributed by atoms with Gasteiger partial charge in [-0.2, -0.15) is 0 Å². The average molecular weight is 469 g/mol. The van der Waals surface area contributed by atoms with Gasteiger partial charge < -0.3 is 0 Å². The Balaban J connectivity index is 1.50. The van der Waals surface area contributed by atoms with E-state index in [1.54, 1.807) is 0 Å². The zero-order valence-corrected chi connectivity index (χ0v) is 20.4. The number of benzene rings is 6. The molecule has 0 radical (unpaired) electrons. The molecule has 0 heterocycles. The van der Waals surface area contributed by atoms with E-state index in [4.69, 9.17) is 0 Å². The van der Waals surface area contributed by atoms with Gasteiger partial charge in [-0.1, -0.05) is 133 Å². The molecule has 2 aliphatic rings. The Kier molecular flexibility index (Phi) is 4.24. The fraction of sp³-hybridized carbons (Fsp3) is 0.0270. The summed E-state index contributed by atoms with van der Waals surface area (Å²) in [6.45, 7) is 0. The molecule has 8 rings (SSSR count). The molecule has 0 aromatic heterocycles. The van der Waals surface area contributed by atoms with Gasteiger partial charge in [0.05, 0.1) is 5.41 Å². The SMILES string of the molecule is c1ccc(-c2ccc3c(c2)C2(c4ccccc4-c4ccccc42)c2cc(-c4ccccc4)ccc2-3)cc1. The predicted molar refractivity (Wildman–Crippen MR) is 154 cm³/mol. The molecular formula is C37H24. The van der Waals surface area contributed by atoms with Crippen LogP contribution in [0.3, 0.4) is 0 Å². The minimum Gasteiger partial charge on any atom is -0.0622 e. The molecule has 6 aromatic rings. The normalized spacial score (nSPS) is 13.6. The maximum absolute atomic E-state index is 2.45. The molecule has 0 amide bonds. The van der Waals surface area contributed by atoms with E-state index in [0.717, 1.165) is 0 Å². The van der Waals surface area contributed by atoms with E-state index < -0.39 is 0 Å². The highest BCUT2D eigenvalue weighted by atomic mass is 14.5. The number of rotatable bonds is 2. The lowest BCUT2D eigenvalue weighted by Crippen LogP contribution is -2.26. The largest absolute Gasteiger partial charge is 0.0725 e. The highest BCUT2D eigenvalue weighted by Gasteiger charge is 2.51. The van der Waals surface area contributed by atoms with Crippen molar-refractivity contribution >= 4 is 0 Å². The highest BCUT2D eigenvalue weighted by Crippen LogP contribution is 2.63. The maximum Gasteiger partial charge on any atom is 0.0725 e. The molecule has 0 bridgehead atoms. The lowest BCUT2D eigenvalue weighted by Gasteiger charge is -2.31. The first-order chi connectivity index (χ1) is 18.4. The van der Waals surface area contributed by atoms with E-state index in [2.05, 4.69) is 146 Å². The predicted octanol–water partition coefficient (Wildman–Crippen LogP) is 9.36. The standard InChI is InChI=1S/C37H24/c1-3-11-25(12-4-1)27-19-21-31-32-22-20-28(26-13-5-2-6-14-26)24-36(32)37(35(31)23-27)33-17-9-7-15-29(33)30-16-8-10-18-34(30)37/h1-24H. The first kappa shape index (κ1) is 20.5. The van der Waals surface area contributed by atoms with Gasteiger partial charge in [0.2, 0.25) is 0 Å². The Hall–Kier alpha value is -4.68. The summed E-state index contributed by atoms with van der Waals surface area (Å²) in [6, 6.07) is 53.7. The number of hydrogen-bond donors (Lipinski definition) is 0. The van der Waals surface area contributed by atoms with E-state index in [0.29, 0.717) is 0 Å². The minimum atomic E-state index is -0.340. The van der Waals surface area contributed by atoms with Crippen LogP contribution in [-0.4, -0.2) is 0 Å². The van der Waals surface area contributed by atoms with Crippen molar-refractivity contribution in [2.45, 2.75) is 5.41 Å². The molecule has 172 valence electrons. The molecule has 0 fully saturated rings. The number of fused-ring (bicyclic) bond motifs is 10. The van der Waals surface area contributed by atoms with Crippen LogP contribution >= 0.6 is 0 Å². The Morgan fingerprint density at radius 1 is 0.270 bits per heavy atom. The summed E-state index contributed by atoms with van der Waals surface area (Å²) >= 11 is 0. The van der Waals surface area contributed by atoms with Gasteiger partial charge in [-0.05, 0) is 78.9 Å². The van der Waals surface area contributed by atoms with Gasteiger partial charge >= 0.3 is 0 Å². The van der Waals surface area contributed by atoms with Crippen molar-refractivity contribution in [2.24, 2.45) is 0 Å². The van der Waals surface area contributed by atoms with Crippen molar-refractivity contribution in [3.63, 3.8) is 0 Å². The third-order valence-electron chi connectivity index (χ3n) is 8.30. The van der Waals surface area contributed by atoms with Crippen LogP contribution in [0.4, 0.5) is 0 Å². The highest BCUT2D eigenvalue weighted by molar-refractivity contribution is 5.96. The van der Waals surface area contributed by atoms with Crippen molar-refractivity contribution in [1.82, 2.24) is 0 Å². The maximum atomic E-state index is 2.45. The molecule has 1 spiro atoms. The van der Waals surface area contributed by atoms with Gasteiger partial charge in [-0.15, -0.1) is 0 Å². The van der Waals surface area contributed by atoms with Crippen LogP contribution < -0.4 is 0 Å². The molecule has 0 aliphatic heterocycles. The van der Waals surface area contributed by atoms with Crippen LogP contribution in [-0.2, 0) is 5.41 Å². The van der Waals surface area contributed by atoms with Gasteiger partial charge in [0.1, 0.15) is 0 Å². The quantitative estimate of drug-likeness (QED) is 0.237. The zero-order chi connectivity index (χ0) is 24.4. The molecule has 0 saturated carbocycles. The van der Waals surface area contributed by atoms with Crippen LogP contribution in [0.15, 0.2) is 146 Å². The summed E-state index contributed by atoms with van der Waals surface area (Å²) < 4.78 is 0. The molecule has 6 aromatic carbocycles. The van der Waals surface area contributed by atoms with Crippen molar-refractivity contribution < 1.29 is 0 Å². The van der Waals surface area contributed by atoms with E-state index in [9.17, 15) is 0 Å². The Morgan fingerprint density at radius 2 is 0.649 bits per heavy atom. The molecular weight excluding hydrogens is 444 g/mol. The average Bonchev–Trinajstić information content (AvgIpc) is 3.45. The molecule has 37 heavy (non-hydrogen) atoms. The summed E-state index contributed by atoms with van der Waals surface area (Å²) in [4.78, 5) is 0. The van der Waals surface area contributed by atoms with Gasteiger partial charge in [-0.3, -0.25) is 0 Å². The number of hydrogen-bond acceptors (Lipinski definition) is 0. The van der Waals surface area contributed by atoms with Crippen LogP contribution in [0.25, 0.3) is 44.5 Å². The first-order valence-electron chi connectivity index (χ1n) is 13.0. The summed E-state index contributed by atoms with van der Waals surface area (Å²) in [6.07, 6.45) is 0. The van der Waals surface area contributed by atoms with Crippen LogP contribution in [0.1, 0.15) is 22.3 Å². The van der Waals surface area contributed by atoms with E-state index >= 15 is 0 Å². The lowest BCUT2D eigenvalue weighted by atomic mass is 9.70. The molecule has 0 atom stereocenters. The molecule has 0 unspecified atom stereocenters. The smallest absolute Gasteiger partial charge is 0.0622 e. The van der Waals surface area contributed by atoms with Crippen molar-refractivity contribution in [3.05, 3.63) is 168 Å². The second-order valence-corrected chi connectivity index (χ2v) is 10.1. The molecule has 0 N–H and O–H groups in total. The van der Waals surface area contributed by atoms with Crippen molar-refractivity contribution in [2.75, 3.05) is 0 Å². The van der Waals surface area contributed by atoms with Crippen LogP contribution in [0, 0.1) is 0 Å². The second kappa shape index (κ2) is 7.66. The first-order valence-corrected chi connectivity index (χ1v) is 13.0. The Labute approximate surface area is 217 Å². The monoisotopic (exact) mass is 468 g/mol. The second-order valence-electron chi connectivity index (χ2n) is 10.1. The minimum absolute atomic E-state index is 0.340. The Morgan fingerprint density at radius 3 is 1.11 bits per heavy atom. The van der Waals surface area contributed by atoms with Crippen LogP contribution in [0.2, 0.25) is 0 Å². The topological polar surface area (TPSA) is 0 Å². The third-order valence-corrected chi connectivity index (χ3v) is 8.30. The van der Waals surface area contributed by atoms with E-state index in [1.165, 1.54) is 66.8 Å². The van der Waals surface area contributed by atoms with Gasteiger partial charge in [0.15, 0.2) is 0 Å². The van der Waals surface area contributed by atoms with Gasteiger partial charge in [-0.25, -0.2) is 0 Å². The van der Waals surface area contributed by atoms with Gasteiger partial charge in [0, 0.05) is 0 Å². The molecule has 2 aliphatic carbocycles. The molecule has 0 heteroatoms. The fourth-order valence-corrected chi connectivity index (χ4v) is 6.76. The fourth-order valence-electron chi connectivity index (χ4n) is 6.76. The molecule has 0 nitrogen and oxygen atoms in total. The van der Waals surface area contributed by atoms with E-state index in [-0.39, 0.29) is 5.41 Å². The summed E-state index contributed by atoms with van der Waals surface area (Å²) in [5, 5.41) is 0. The van der Waals surface area contributed by atoms with Crippen molar-refractivity contribution in [3.8, 4) is 44.5 Å². The molecule has 0 saturated heterocycles. The summed E-state index contributed by atoms with van der Waals surface area (Å²) in [5.74, 6) is 0. The summed E-state index contributed by atoms with van der Waals surface area (Å²) in [5.41, 5.74) is 15.6. The zero-order valence-electron chi connectivity index (χ0n) is 20.4. The Bertz CT molecular complexity index is 1670. The van der Waals surface area contributed by atoms with E-state index in [1.807, 2.05) is 0 Å². The third kappa shape index (κ3) is 2.73. The lowest BCUT2D eigenvalue weighted by molar-refractivity contribution is 0.794. The van der Waals surface area contributed by atoms with Gasteiger partial charge in [0.25, 0.3) is 0 Å². The van der Waals surface area contributed by atoms with Crippen LogP contribution in [0.5, 0.6) is 0 Å².